The fourth-order valence-electron chi connectivity index (χ4n) is 3.14. The van der Waals surface area contributed by atoms with Gasteiger partial charge in [0.15, 0.2) is 0 Å². The molecule has 1 aliphatic heterocycles. The molecule has 0 radical (unpaired) electrons. The summed E-state index contributed by atoms with van der Waals surface area (Å²) in [7, 11) is 0. The summed E-state index contributed by atoms with van der Waals surface area (Å²) in [6.45, 7) is 5.46. The zero-order chi connectivity index (χ0) is 21.3. The Hall–Kier alpha value is -3.27. The molecule has 0 aliphatic carbocycles. The van der Waals surface area contributed by atoms with E-state index in [1.807, 2.05) is 0 Å². The lowest BCUT2D eigenvalue weighted by Crippen LogP contribution is -2.48. The predicted octanol–water partition coefficient (Wildman–Crippen LogP) is 2.21. The first-order valence-electron chi connectivity index (χ1n) is 9.76. The molecule has 2 N–H and O–H groups in total. The Balaban J connectivity index is 1.50. The Labute approximate surface area is 174 Å². The van der Waals surface area contributed by atoms with Crippen LogP contribution in [0.2, 0.25) is 0 Å². The van der Waals surface area contributed by atoms with Gasteiger partial charge < -0.3 is 20.3 Å². The van der Waals surface area contributed by atoms with Crippen molar-refractivity contribution in [2.45, 2.75) is 20.0 Å². The number of urea groups is 1. The summed E-state index contributed by atoms with van der Waals surface area (Å²) in [5.41, 5.74) is 1.79. The minimum atomic E-state index is -0.468. The van der Waals surface area contributed by atoms with Gasteiger partial charge in [-0.2, -0.15) is 0 Å². The van der Waals surface area contributed by atoms with E-state index in [1.165, 1.54) is 24.8 Å². The quantitative estimate of drug-likeness (QED) is 0.749. The first-order chi connectivity index (χ1) is 14.5. The number of hydrogen-bond donors (Lipinski definition) is 2. The van der Waals surface area contributed by atoms with E-state index in [4.69, 9.17) is 4.74 Å². The molecular formula is C20H25FN6O3. The van der Waals surface area contributed by atoms with Gasteiger partial charge in [0, 0.05) is 44.8 Å². The van der Waals surface area contributed by atoms with Gasteiger partial charge >= 0.3 is 12.1 Å². The van der Waals surface area contributed by atoms with Gasteiger partial charge in [0.2, 0.25) is 0 Å². The molecule has 30 heavy (non-hydrogen) atoms. The summed E-state index contributed by atoms with van der Waals surface area (Å²) in [6.07, 6.45) is 4.01. The molecule has 2 aromatic rings. The van der Waals surface area contributed by atoms with Crippen LogP contribution in [0.4, 0.5) is 19.7 Å². The van der Waals surface area contributed by atoms with E-state index in [1.54, 1.807) is 24.0 Å². The molecule has 1 aromatic heterocycles. The van der Waals surface area contributed by atoms with E-state index < -0.39 is 6.03 Å². The summed E-state index contributed by atoms with van der Waals surface area (Å²) in [6, 6.07) is 4.42. The van der Waals surface area contributed by atoms with Crippen LogP contribution in [0, 0.1) is 5.82 Å². The van der Waals surface area contributed by atoms with E-state index in [9.17, 15) is 14.0 Å². The third-order valence-corrected chi connectivity index (χ3v) is 4.67. The molecule has 160 valence electrons. The van der Waals surface area contributed by atoms with E-state index in [0.29, 0.717) is 50.6 Å². The van der Waals surface area contributed by atoms with Crippen LogP contribution in [-0.4, -0.2) is 64.7 Å². The number of piperazine rings is 1. The van der Waals surface area contributed by atoms with E-state index in [-0.39, 0.29) is 18.5 Å². The molecular weight excluding hydrogens is 391 g/mol. The molecule has 1 saturated heterocycles. The Bertz CT molecular complexity index is 859. The number of halogens is 1. The van der Waals surface area contributed by atoms with Crippen molar-refractivity contribution < 1.29 is 18.7 Å². The van der Waals surface area contributed by atoms with Crippen LogP contribution >= 0.6 is 0 Å². The standard InChI is InChI=1S/C20H25FN6O3/c1-2-30-20(29)27-7-5-26(6-8-27)13-15-3-4-18(21)16(9-15)10-24-19(28)25-17-11-22-14-23-12-17/h3-4,9,11-12,14H,2,5-8,10,13H2,1H3,(H2,24,25,28). The van der Waals surface area contributed by atoms with E-state index >= 15 is 0 Å². The number of nitrogens with one attached hydrogen (secondary N) is 2. The third-order valence-electron chi connectivity index (χ3n) is 4.67. The summed E-state index contributed by atoms with van der Waals surface area (Å²) in [4.78, 5) is 35.3. The van der Waals surface area contributed by atoms with Gasteiger partial charge in [0.05, 0.1) is 24.7 Å². The zero-order valence-electron chi connectivity index (χ0n) is 16.8. The van der Waals surface area contributed by atoms with Crippen molar-refractivity contribution in [3.8, 4) is 0 Å². The number of carbonyl (C=O) groups is 2. The number of amides is 3. The molecule has 1 fully saturated rings. The van der Waals surface area contributed by atoms with Crippen molar-refractivity contribution in [2.24, 2.45) is 0 Å². The smallest absolute Gasteiger partial charge is 0.409 e. The van der Waals surface area contributed by atoms with Gasteiger partial charge in [0.1, 0.15) is 12.1 Å². The SMILES string of the molecule is CCOC(=O)N1CCN(Cc2ccc(F)c(CNC(=O)Nc3cncnc3)c2)CC1. The van der Waals surface area contributed by atoms with Crippen molar-refractivity contribution >= 4 is 17.8 Å². The Morgan fingerprint density at radius 1 is 1.17 bits per heavy atom. The number of carbonyl (C=O) groups excluding carboxylic acids is 2. The lowest BCUT2D eigenvalue weighted by atomic mass is 10.1. The maximum atomic E-state index is 14.2. The number of benzene rings is 1. The zero-order valence-corrected chi connectivity index (χ0v) is 16.8. The van der Waals surface area contributed by atoms with Gasteiger partial charge in [-0.3, -0.25) is 4.90 Å². The summed E-state index contributed by atoms with van der Waals surface area (Å²) in [5, 5.41) is 5.22. The molecule has 0 atom stereocenters. The van der Waals surface area contributed by atoms with Crippen LogP contribution < -0.4 is 10.6 Å². The Morgan fingerprint density at radius 3 is 2.60 bits per heavy atom. The normalized spacial score (nSPS) is 14.3. The molecule has 1 aliphatic rings. The second kappa shape index (κ2) is 10.5. The molecule has 0 spiro atoms. The third kappa shape index (κ3) is 6.11. The van der Waals surface area contributed by atoms with Crippen molar-refractivity contribution in [1.82, 2.24) is 25.1 Å². The Morgan fingerprint density at radius 2 is 1.90 bits per heavy atom. The second-order valence-electron chi connectivity index (χ2n) is 6.82. The number of aromatic nitrogens is 2. The van der Waals surface area contributed by atoms with Gasteiger partial charge in [-0.25, -0.2) is 23.9 Å². The highest BCUT2D eigenvalue weighted by atomic mass is 19.1. The lowest BCUT2D eigenvalue weighted by Gasteiger charge is -2.34. The lowest BCUT2D eigenvalue weighted by molar-refractivity contribution is 0.0778. The maximum Gasteiger partial charge on any atom is 0.409 e. The highest BCUT2D eigenvalue weighted by molar-refractivity contribution is 5.88. The van der Waals surface area contributed by atoms with E-state index in [2.05, 4.69) is 25.5 Å². The van der Waals surface area contributed by atoms with Crippen LogP contribution in [-0.2, 0) is 17.8 Å². The molecule has 3 rings (SSSR count). The van der Waals surface area contributed by atoms with Crippen LogP contribution in [0.3, 0.4) is 0 Å². The van der Waals surface area contributed by atoms with Crippen molar-refractivity contribution in [3.63, 3.8) is 0 Å². The first-order valence-corrected chi connectivity index (χ1v) is 9.76. The number of rotatable bonds is 6. The highest BCUT2D eigenvalue weighted by Gasteiger charge is 2.22. The minimum absolute atomic E-state index is 0.0514. The van der Waals surface area contributed by atoms with Gasteiger partial charge in [-0.1, -0.05) is 6.07 Å². The number of anilines is 1. The largest absolute Gasteiger partial charge is 0.450 e. The van der Waals surface area contributed by atoms with Crippen LogP contribution in [0.1, 0.15) is 18.1 Å². The molecule has 0 unspecified atom stereocenters. The van der Waals surface area contributed by atoms with Crippen LogP contribution in [0.5, 0.6) is 0 Å². The molecule has 9 nitrogen and oxygen atoms in total. The first kappa shape index (κ1) is 21.4. The average molecular weight is 416 g/mol. The van der Waals surface area contributed by atoms with Gasteiger partial charge in [-0.15, -0.1) is 0 Å². The molecule has 3 amide bonds. The number of ether oxygens (including phenoxy) is 1. The van der Waals surface area contributed by atoms with Crippen molar-refractivity contribution in [3.05, 3.63) is 53.9 Å². The molecule has 2 heterocycles. The highest BCUT2D eigenvalue weighted by Crippen LogP contribution is 2.14. The predicted molar refractivity (Wildman–Crippen MR) is 108 cm³/mol. The van der Waals surface area contributed by atoms with E-state index in [0.717, 1.165) is 5.56 Å². The number of nitrogens with zero attached hydrogens (tertiary/aromatic N) is 4. The van der Waals surface area contributed by atoms with Crippen LogP contribution in [0.25, 0.3) is 0 Å². The molecule has 0 saturated carbocycles. The van der Waals surface area contributed by atoms with Crippen molar-refractivity contribution in [2.75, 3.05) is 38.1 Å². The number of hydrogen-bond acceptors (Lipinski definition) is 6. The molecule has 10 heteroatoms. The van der Waals surface area contributed by atoms with Gasteiger partial charge in [-0.05, 0) is 24.6 Å². The summed E-state index contributed by atoms with van der Waals surface area (Å²) >= 11 is 0. The van der Waals surface area contributed by atoms with Crippen LogP contribution in [0.15, 0.2) is 36.9 Å². The topological polar surface area (TPSA) is 99.7 Å². The monoisotopic (exact) mass is 416 g/mol. The second-order valence-corrected chi connectivity index (χ2v) is 6.82. The van der Waals surface area contributed by atoms with Crippen molar-refractivity contribution in [1.29, 1.82) is 0 Å². The van der Waals surface area contributed by atoms with Gasteiger partial charge in [0.25, 0.3) is 0 Å². The summed E-state index contributed by atoms with van der Waals surface area (Å²) < 4.78 is 19.2. The minimum Gasteiger partial charge on any atom is -0.450 e. The average Bonchev–Trinajstić information content (AvgIpc) is 2.75. The fourth-order valence-corrected chi connectivity index (χ4v) is 3.14. The Kier molecular flexibility index (Phi) is 7.50. The molecule has 1 aromatic carbocycles. The molecule has 0 bridgehead atoms. The maximum absolute atomic E-state index is 14.2. The fraction of sp³-hybridized carbons (Fsp3) is 0.400. The summed E-state index contributed by atoms with van der Waals surface area (Å²) in [5.74, 6) is -0.380.